The molecule has 4 aromatic rings. The van der Waals surface area contributed by atoms with Crippen LogP contribution in [0.2, 0.25) is 0 Å². The number of nitrogens with zero attached hydrogens (tertiary/aromatic N) is 3. The van der Waals surface area contributed by atoms with E-state index in [0.29, 0.717) is 5.69 Å². The van der Waals surface area contributed by atoms with Gasteiger partial charge in [-0.05, 0) is 47.2 Å². The van der Waals surface area contributed by atoms with Crippen molar-refractivity contribution < 1.29 is 5.11 Å². The van der Waals surface area contributed by atoms with E-state index in [4.69, 9.17) is 0 Å². The van der Waals surface area contributed by atoms with Crippen molar-refractivity contribution in [2.45, 2.75) is 39.5 Å². The predicted octanol–water partition coefficient (Wildman–Crippen LogP) is 5.40. The molecule has 1 unspecified atom stereocenters. The van der Waals surface area contributed by atoms with Gasteiger partial charge in [0.2, 0.25) is 0 Å². The molecule has 142 valence electrons. The van der Waals surface area contributed by atoms with Crippen LogP contribution in [-0.2, 0) is 12.8 Å². The lowest BCUT2D eigenvalue weighted by molar-refractivity contribution is 0.459. The molecule has 4 rings (SSSR count). The predicted molar refractivity (Wildman–Crippen MR) is 113 cm³/mol. The van der Waals surface area contributed by atoms with E-state index in [0.717, 1.165) is 35.0 Å². The Morgan fingerprint density at radius 2 is 1.43 bits per heavy atom. The summed E-state index contributed by atoms with van der Waals surface area (Å²) in [5, 5.41) is 20.5. The fraction of sp³-hybridized carbons (Fsp3) is 0.250. The number of aryl methyl sites for hydroxylation is 2. The average molecular weight is 371 g/mol. The first-order chi connectivity index (χ1) is 13.6. The third-order valence-electron chi connectivity index (χ3n) is 5.46. The summed E-state index contributed by atoms with van der Waals surface area (Å²) in [4.78, 5) is 1.62. The van der Waals surface area contributed by atoms with Gasteiger partial charge in [-0.2, -0.15) is 0 Å². The van der Waals surface area contributed by atoms with E-state index in [1.165, 1.54) is 11.1 Å². The number of phenolic OH excluding ortho intramolecular Hbond substituents is 1. The van der Waals surface area contributed by atoms with Crippen LogP contribution < -0.4 is 0 Å². The Bertz CT molecular complexity index is 1080. The highest BCUT2D eigenvalue weighted by Crippen LogP contribution is 2.39. The average Bonchev–Trinajstić information content (AvgIpc) is 3.17. The minimum atomic E-state index is 0.108. The summed E-state index contributed by atoms with van der Waals surface area (Å²) in [5.41, 5.74) is 6.78. The molecular formula is C24H25N3O. The smallest absolute Gasteiger partial charge is 0.146 e. The molecule has 1 heterocycles. The minimum Gasteiger partial charge on any atom is -0.505 e. The van der Waals surface area contributed by atoms with Crippen LogP contribution in [0.25, 0.3) is 16.7 Å². The van der Waals surface area contributed by atoms with Gasteiger partial charge in [0.15, 0.2) is 0 Å². The van der Waals surface area contributed by atoms with Crippen LogP contribution in [0.3, 0.4) is 0 Å². The van der Waals surface area contributed by atoms with Crippen LogP contribution in [0.15, 0.2) is 60.7 Å². The Morgan fingerprint density at radius 1 is 0.857 bits per heavy atom. The van der Waals surface area contributed by atoms with Gasteiger partial charge in [-0.3, -0.25) is 0 Å². The van der Waals surface area contributed by atoms with Crippen LogP contribution >= 0.6 is 0 Å². The topological polar surface area (TPSA) is 50.9 Å². The lowest BCUT2D eigenvalue weighted by Crippen LogP contribution is -2.11. The molecule has 0 amide bonds. The summed E-state index contributed by atoms with van der Waals surface area (Å²) in [6.45, 7) is 6.40. The van der Waals surface area contributed by atoms with E-state index in [2.05, 4.69) is 61.3 Å². The lowest BCUT2D eigenvalue weighted by atomic mass is 9.85. The lowest BCUT2D eigenvalue weighted by Gasteiger charge is -2.23. The molecule has 1 atom stereocenters. The highest BCUT2D eigenvalue weighted by atomic mass is 16.3. The molecule has 28 heavy (non-hydrogen) atoms. The van der Waals surface area contributed by atoms with Gasteiger partial charge in [0.1, 0.15) is 22.5 Å². The molecule has 0 spiro atoms. The SMILES string of the molecule is CCc1cc(CC)c(C(C)c2ccccc2)c(-n2nc3ccccc3n2)c1O. The van der Waals surface area contributed by atoms with Crippen LogP contribution in [-0.4, -0.2) is 20.1 Å². The quantitative estimate of drug-likeness (QED) is 0.511. The third-order valence-corrected chi connectivity index (χ3v) is 5.46. The zero-order chi connectivity index (χ0) is 19.7. The van der Waals surface area contributed by atoms with Crippen molar-refractivity contribution in [2.24, 2.45) is 0 Å². The van der Waals surface area contributed by atoms with Gasteiger partial charge in [-0.15, -0.1) is 15.0 Å². The Kier molecular flexibility index (Phi) is 4.86. The van der Waals surface area contributed by atoms with E-state index in [-0.39, 0.29) is 11.7 Å². The molecule has 0 aliphatic rings. The summed E-state index contributed by atoms with van der Waals surface area (Å²) in [7, 11) is 0. The van der Waals surface area contributed by atoms with Crippen molar-refractivity contribution in [3.05, 3.63) is 82.9 Å². The van der Waals surface area contributed by atoms with Crippen LogP contribution in [0.1, 0.15) is 48.9 Å². The Hall–Kier alpha value is -3.14. The summed E-state index contributed by atoms with van der Waals surface area (Å²) in [6.07, 6.45) is 1.64. The molecule has 4 heteroatoms. The van der Waals surface area contributed by atoms with E-state index >= 15 is 0 Å². The fourth-order valence-corrected chi connectivity index (χ4v) is 3.90. The molecule has 0 aliphatic heterocycles. The maximum absolute atomic E-state index is 11.2. The van der Waals surface area contributed by atoms with Crippen LogP contribution in [0.4, 0.5) is 0 Å². The second kappa shape index (κ2) is 7.47. The summed E-state index contributed by atoms with van der Waals surface area (Å²) in [5.74, 6) is 0.384. The molecule has 1 aromatic heterocycles. The van der Waals surface area contributed by atoms with Crippen molar-refractivity contribution in [2.75, 3.05) is 0 Å². The number of aromatic hydroxyl groups is 1. The standard InChI is InChI=1S/C24H25N3O/c1-4-17-15-18(5-2)24(28)23(22(17)16(3)19-11-7-6-8-12-19)27-25-20-13-9-10-14-21(20)26-27/h6-16,28H,4-5H2,1-3H3. The van der Waals surface area contributed by atoms with Gasteiger partial charge in [-0.1, -0.05) is 69.3 Å². The van der Waals surface area contributed by atoms with E-state index in [9.17, 15) is 5.11 Å². The monoisotopic (exact) mass is 371 g/mol. The fourth-order valence-electron chi connectivity index (χ4n) is 3.90. The van der Waals surface area contributed by atoms with Crippen molar-refractivity contribution in [1.82, 2.24) is 15.0 Å². The third kappa shape index (κ3) is 3.05. The molecule has 0 aliphatic carbocycles. The van der Waals surface area contributed by atoms with Gasteiger partial charge >= 0.3 is 0 Å². The van der Waals surface area contributed by atoms with Gasteiger partial charge < -0.3 is 5.11 Å². The number of hydrogen-bond acceptors (Lipinski definition) is 3. The van der Waals surface area contributed by atoms with E-state index < -0.39 is 0 Å². The molecule has 0 bridgehead atoms. The number of rotatable bonds is 5. The number of fused-ring (bicyclic) bond motifs is 1. The zero-order valence-corrected chi connectivity index (χ0v) is 16.6. The normalized spacial score (nSPS) is 12.4. The zero-order valence-electron chi connectivity index (χ0n) is 16.6. The summed E-state index contributed by atoms with van der Waals surface area (Å²) in [6, 6.07) is 20.3. The maximum Gasteiger partial charge on any atom is 0.146 e. The van der Waals surface area contributed by atoms with Crippen LogP contribution in [0.5, 0.6) is 5.75 Å². The van der Waals surface area contributed by atoms with Gasteiger partial charge in [-0.25, -0.2) is 0 Å². The Labute approximate surface area is 165 Å². The second-order valence-electron chi connectivity index (χ2n) is 7.12. The summed E-state index contributed by atoms with van der Waals surface area (Å²) < 4.78 is 0. The molecule has 0 saturated carbocycles. The Morgan fingerprint density at radius 3 is 2.00 bits per heavy atom. The summed E-state index contributed by atoms with van der Waals surface area (Å²) >= 11 is 0. The molecule has 0 fully saturated rings. The van der Waals surface area contributed by atoms with Gasteiger partial charge in [0, 0.05) is 5.92 Å². The first kappa shape index (κ1) is 18.2. The molecule has 0 radical (unpaired) electrons. The highest BCUT2D eigenvalue weighted by Gasteiger charge is 2.24. The minimum absolute atomic E-state index is 0.108. The van der Waals surface area contributed by atoms with Gasteiger partial charge in [0.25, 0.3) is 0 Å². The van der Waals surface area contributed by atoms with Crippen molar-refractivity contribution in [1.29, 1.82) is 0 Å². The van der Waals surface area contributed by atoms with Crippen molar-refractivity contribution in [3.8, 4) is 11.4 Å². The number of hydrogen-bond donors (Lipinski definition) is 1. The number of phenols is 1. The first-order valence-corrected chi connectivity index (χ1v) is 9.89. The molecule has 1 N–H and O–H groups in total. The van der Waals surface area contributed by atoms with Crippen molar-refractivity contribution in [3.63, 3.8) is 0 Å². The largest absolute Gasteiger partial charge is 0.505 e. The highest BCUT2D eigenvalue weighted by molar-refractivity contribution is 5.74. The molecule has 3 aromatic carbocycles. The maximum atomic E-state index is 11.2. The Balaban J connectivity index is 2.02. The first-order valence-electron chi connectivity index (χ1n) is 9.89. The molecule has 4 nitrogen and oxygen atoms in total. The van der Waals surface area contributed by atoms with E-state index in [1.807, 2.05) is 30.3 Å². The van der Waals surface area contributed by atoms with Crippen LogP contribution in [0, 0.1) is 0 Å². The number of aromatic nitrogens is 3. The molecular weight excluding hydrogens is 346 g/mol. The van der Waals surface area contributed by atoms with Crippen molar-refractivity contribution >= 4 is 11.0 Å². The molecule has 0 saturated heterocycles. The van der Waals surface area contributed by atoms with E-state index in [1.54, 1.807) is 4.80 Å². The second-order valence-corrected chi connectivity index (χ2v) is 7.12. The number of benzene rings is 3. The van der Waals surface area contributed by atoms with Gasteiger partial charge in [0.05, 0.1) is 0 Å².